The first-order valence-corrected chi connectivity index (χ1v) is 7.15. The van der Waals surface area contributed by atoms with Crippen LogP contribution >= 0.6 is 46.1 Å². The molecule has 1 aliphatic carbocycles. The molecule has 2 atom stereocenters. The van der Waals surface area contributed by atoms with E-state index in [1.165, 1.54) is 11.3 Å². The van der Waals surface area contributed by atoms with Crippen molar-refractivity contribution < 1.29 is 4.79 Å². The maximum absolute atomic E-state index is 12.0. The molecule has 1 N–H and O–H groups in total. The number of carbonyl (C=O) groups is 1. The lowest BCUT2D eigenvalue weighted by molar-refractivity contribution is -0.126. The van der Waals surface area contributed by atoms with Gasteiger partial charge in [0, 0.05) is 4.88 Å². The number of alkyl halides is 2. The van der Waals surface area contributed by atoms with Gasteiger partial charge in [-0.1, -0.05) is 11.6 Å². The minimum absolute atomic E-state index is 0.0819. The SMILES string of the molecule is C[C@H](NC(=O)[C@]1(C)CC1(Cl)Cl)c1ccc(Cl)s1. The summed E-state index contributed by atoms with van der Waals surface area (Å²) in [5.74, 6) is -0.112. The van der Waals surface area contributed by atoms with Gasteiger partial charge in [0.05, 0.1) is 15.8 Å². The fourth-order valence-corrected chi connectivity index (χ4v) is 3.40. The lowest BCUT2D eigenvalue weighted by atomic mass is 10.1. The third-order valence-corrected chi connectivity index (χ3v) is 5.64. The van der Waals surface area contributed by atoms with E-state index in [-0.39, 0.29) is 11.9 Å². The third kappa shape index (κ3) is 2.43. The summed E-state index contributed by atoms with van der Waals surface area (Å²) in [6.45, 7) is 3.69. The van der Waals surface area contributed by atoms with Crippen LogP contribution in [0, 0.1) is 5.41 Å². The van der Waals surface area contributed by atoms with Gasteiger partial charge in [-0.05, 0) is 32.4 Å². The smallest absolute Gasteiger partial charge is 0.229 e. The van der Waals surface area contributed by atoms with Crippen LogP contribution in [0.25, 0.3) is 0 Å². The average molecular weight is 313 g/mol. The molecule has 0 aliphatic heterocycles. The van der Waals surface area contributed by atoms with Crippen molar-refractivity contribution in [2.24, 2.45) is 5.41 Å². The molecule has 0 aromatic carbocycles. The molecule has 1 aromatic rings. The maximum Gasteiger partial charge on any atom is 0.229 e. The number of rotatable bonds is 3. The normalized spacial score (nSPS) is 27.6. The Morgan fingerprint density at radius 3 is 2.53 bits per heavy atom. The molecule has 0 spiro atoms. The Kier molecular flexibility index (Phi) is 3.41. The van der Waals surface area contributed by atoms with E-state index in [4.69, 9.17) is 34.8 Å². The van der Waals surface area contributed by atoms with Crippen molar-refractivity contribution in [3.05, 3.63) is 21.3 Å². The van der Waals surface area contributed by atoms with Crippen LogP contribution < -0.4 is 5.32 Å². The topological polar surface area (TPSA) is 29.1 Å². The van der Waals surface area contributed by atoms with Gasteiger partial charge in [0.2, 0.25) is 5.91 Å². The molecule has 1 fully saturated rings. The molecule has 0 bridgehead atoms. The van der Waals surface area contributed by atoms with Crippen molar-refractivity contribution in [3.8, 4) is 0 Å². The molecule has 0 saturated heterocycles. The number of thiophene rings is 1. The van der Waals surface area contributed by atoms with Crippen LogP contribution in [-0.4, -0.2) is 10.2 Å². The van der Waals surface area contributed by atoms with Crippen LogP contribution in [0.4, 0.5) is 0 Å². The summed E-state index contributed by atoms with van der Waals surface area (Å²) in [7, 11) is 0. The van der Waals surface area contributed by atoms with E-state index >= 15 is 0 Å². The van der Waals surface area contributed by atoms with Gasteiger partial charge in [0.1, 0.15) is 4.33 Å². The molecule has 0 radical (unpaired) electrons. The van der Waals surface area contributed by atoms with Crippen LogP contribution in [-0.2, 0) is 4.79 Å². The zero-order chi connectivity index (χ0) is 12.8. The van der Waals surface area contributed by atoms with Gasteiger partial charge in [-0.15, -0.1) is 34.5 Å². The maximum atomic E-state index is 12.0. The number of carbonyl (C=O) groups excluding carboxylic acids is 1. The van der Waals surface area contributed by atoms with Gasteiger partial charge in [-0.2, -0.15) is 0 Å². The second-order valence-electron chi connectivity index (χ2n) is 4.55. The number of halogens is 3. The highest BCUT2D eigenvalue weighted by Crippen LogP contribution is 2.63. The van der Waals surface area contributed by atoms with E-state index < -0.39 is 9.75 Å². The first kappa shape index (κ1) is 13.5. The fourth-order valence-electron chi connectivity index (χ4n) is 1.63. The molecule has 94 valence electrons. The molecule has 17 heavy (non-hydrogen) atoms. The largest absolute Gasteiger partial charge is 0.348 e. The molecule has 6 heteroatoms. The minimum Gasteiger partial charge on any atom is -0.348 e. The molecule has 1 saturated carbocycles. The molecule has 1 aromatic heterocycles. The van der Waals surface area contributed by atoms with Crippen molar-refractivity contribution in [1.82, 2.24) is 5.32 Å². The lowest BCUT2D eigenvalue weighted by Gasteiger charge is -2.17. The summed E-state index contributed by atoms with van der Waals surface area (Å²) in [6.07, 6.45) is 0.493. The Bertz CT molecular complexity index is 459. The number of amides is 1. The van der Waals surface area contributed by atoms with Gasteiger partial charge >= 0.3 is 0 Å². The summed E-state index contributed by atoms with van der Waals surface area (Å²) in [5.41, 5.74) is -0.675. The zero-order valence-corrected chi connectivity index (χ0v) is 12.5. The van der Waals surface area contributed by atoms with Crippen molar-refractivity contribution in [2.75, 3.05) is 0 Å². The zero-order valence-electron chi connectivity index (χ0n) is 9.39. The van der Waals surface area contributed by atoms with E-state index in [2.05, 4.69) is 5.32 Å². The Morgan fingerprint density at radius 2 is 2.12 bits per heavy atom. The molecule has 2 nitrogen and oxygen atoms in total. The highest BCUT2D eigenvalue weighted by Gasteiger charge is 2.67. The highest BCUT2D eigenvalue weighted by molar-refractivity contribution is 7.16. The van der Waals surface area contributed by atoms with E-state index in [1.54, 1.807) is 6.92 Å². The predicted molar refractivity (Wildman–Crippen MR) is 73.0 cm³/mol. The molecule has 1 heterocycles. The molecule has 2 rings (SSSR count). The van der Waals surface area contributed by atoms with Crippen molar-refractivity contribution in [2.45, 2.75) is 30.6 Å². The predicted octanol–water partition coefficient (Wildman–Crippen LogP) is 4.16. The summed E-state index contributed by atoms with van der Waals surface area (Å²) in [5, 5.41) is 2.91. The Balaban J connectivity index is 2.01. The van der Waals surface area contributed by atoms with Gasteiger partial charge in [-0.25, -0.2) is 0 Å². The van der Waals surface area contributed by atoms with E-state index in [1.807, 2.05) is 19.1 Å². The average Bonchev–Trinajstić information content (AvgIpc) is 2.61. The molecular formula is C11H12Cl3NOS. The summed E-state index contributed by atoms with van der Waals surface area (Å²) in [6, 6.07) is 3.64. The molecule has 1 aliphatic rings. The highest BCUT2D eigenvalue weighted by atomic mass is 35.5. The number of hydrogen-bond acceptors (Lipinski definition) is 2. The van der Waals surface area contributed by atoms with Crippen molar-refractivity contribution >= 4 is 52.0 Å². The number of nitrogens with one attached hydrogen (secondary N) is 1. The summed E-state index contributed by atoms with van der Waals surface area (Å²) >= 11 is 19.2. The van der Waals surface area contributed by atoms with Crippen LogP contribution in [0.15, 0.2) is 12.1 Å². The third-order valence-electron chi connectivity index (χ3n) is 3.13. The van der Waals surface area contributed by atoms with Gasteiger partial charge in [0.15, 0.2) is 0 Å². The first-order chi connectivity index (χ1) is 7.76. The van der Waals surface area contributed by atoms with Crippen LogP contribution in [0.3, 0.4) is 0 Å². The quantitative estimate of drug-likeness (QED) is 0.834. The molecular weight excluding hydrogens is 301 g/mol. The Morgan fingerprint density at radius 1 is 1.53 bits per heavy atom. The molecule has 0 unspecified atom stereocenters. The van der Waals surface area contributed by atoms with Gasteiger partial charge in [0.25, 0.3) is 0 Å². The van der Waals surface area contributed by atoms with E-state index in [9.17, 15) is 4.79 Å². The van der Waals surface area contributed by atoms with Crippen LogP contribution in [0.1, 0.15) is 31.2 Å². The summed E-state index contributed by atoms with van der Waals surface area (Å²) < 4.78 is -0.216. The van der Waals surface area contributed by atoms with Crippen molar-refractivity contribution in [1.29, 1.82) is 0 Å². The van der Waals surface area contributed by atoms with Crippen molar-refractivity contribution in [3.63, 3.8) is 0 Å². The lowest BCUT2D eigenvalue weighted by Crippen LogP contribution is -2.34. The number of hydrogen-bond donors (Lipinski definition) is 1. The van der Waals surface area contributed by atoms with Crippen LogP contribution in [0.2, 0.25) is 4.34 Å². The molecule has 1 amide bonds. The Labute approximate surface area is 119 Å². The Hall–Kier alpha value is 0.0400. The minimum atomic E-state index is -0.927. The fraction of sp³-hybridized carbons (Fsp3) is 0.545. The van der Waals surface area contributed by atoms with Gasteiger partial charge < -0.3 is 5.32 Å². The standard InChI is InChI=1S/C11H12Cl3NOS/c1-6(7-3-4-8(12)17-7)15-9(16)10(2)5-11(10,13)14/h3-4,6H,5H2,1-2H3,(H,15,16)/t6-,10-/m0/s1. The second kappa shape index (κ2) is 4.30. The monoisotopic (exact) mass is 311 g/mol. The van der Waals surface area contributed by atoms with E-state index in [0.29, 0.717) is 10.8 Å². The van der Waals surface area contributed by atoms with Gasteiger partial charge in [-0.3, -0.25) is 4.79 Å². The first-order valence-electron chi connectivity index (χ1n) is 5.20. The van der Waals surface area contributed by atoms with E-state index in [0.717, 1.165) is 4.88 Å². The summed E-state index contributed by atoms with van der Waals surface area (Å²) in [4.78, 5) is 13.0. The second-order valence-corrected chi connectivity index (χ2v) is 7.78. The van der Waals surface area contributed by atoms with Crippen LogP contribution in [0.5, 0.6) is 0 Å².